The van der Waals surface area contributed by atoms with E-state index in [1.807, 2.05) is 26.2 Å². The number of fused-ring (bicyclic) bond motifs is 3. The van der Waals surface area contributed by atoms with Crippen LogP contribution in [0.1, 0.15) is 13.8 Å². The first-order chi connectivity index (χ1) is 7.45. The SMILES string of the molecule is CC.c1ccc2c(c1)cc1cnccn12. The highest BCUT2D eigenvalue weighted by Gasteiger charge is 1.98. The summed E-state index contributed by atoms with van der Waals surface area (Å²) in [6, 6.07) is 10.5. The molecule has 76 valence electrons. The summed E-state index contributed by atoms with van der Waals surface area (Å²) in [4.78, 5) is 4.09. The average molecular weight is 198 g/mol. The molecule has 0 unspecified atom stereocenters. The van der Waals surface area contributed by atoms with Gasteiger partial charge in [-0.25, -0.2) is 0 Å². The van der Waals surface area contributed by atoms with E-state index in [4.69, 9.17) is 0 Å². The van der Waals surface area contributed by atoms with Gasteiger partial charge in [-0.1, -0.05) is 32.0 Å². The molecule has 0 bridgehead atoms. The Morgan fingerprint density at radius 3 is 2.80 bits per heavy atom. The summed E-state index contributed by atoms with van der Waals surface area (Å²) in [5, 5.41) is 1.26. The van der Waals surface area contributed by atoms with Crippen LogP contribution in [-0.2, 0) is 0 Å². The molecule has 3 aromatic rings. The van der Waals surface area contributed by atoms with Crippen molar-refractivity contribution in [3.05, 3.63) is 48.9 Å². The molecular weight excluding hydrogens is 184 g/mol. The van der Waals surface area contributed by atoms with E-state index in [9.17, 15) is 0 Å². The van der Waals surface area contributed by atoms with Crippen molar-refractivity contribution in [3.63, 3.8) is 0 Å². The highest BCUT2D eigenvalue weighted by molar-refractivity contribution is 5.86. The molecule has 2 heterocycles. The van der Waals surface area contributed by atoms with Crippen LogP contribution in [0.4, 0.5) is 0 Å². The van der Waals surface area contributed by atoms with Crippen LogP contribution >= 0.6 is 0 Å². The van der Waals surface area contributed by atoms with Gasteiger partial charge in [-0.2, -0.15) is 0 Å². The Kier molecular flexibility index (Phi) is 2.68. The minimum Gasteiger partial charge on any atom is -0.313 e. The van der Waals surface area contributed by atoms with Crippen molar-refractivity contribution in [1.82, 2.24) is 9.38 Å². The van der Waals surface area contributed by atoms with Crippen LogP contribution in [-0.4, -0.2) is 9.38 Å². The molecule has 0 saturated heterocycles. The molecule has 1 aromatic carbocycles. The van der Waals surface area contributed by atoms with Crippen LogP contribution in [0.15, 0.2) is 48.9 Å². The van der Waals surface area contributed by atoms with Crippen LogP contribution in [0, 0.1) is 0 Å². The first kappa shape index (κ1) is 9.71. The molecule has 0 N–H and O–H groups in total. The van der Waals surface area contributed by atoms with E-state index in [1.54, 1.807) is 6.20 Å². The van der Waals surface area contributed by atoms with Crippen LogP contribution in [0.3, 0.4) is 0 Å². The quantitative estimate of drug-likeness (QED) is 0.540. The molecule has 2 heteroatoms. The molecule has 15 heavy (non-hydrogen) atoms. The van der Waals surface area contributed by atoms with Gasteiger partial charge < -0.3 is 4.40 Å². The van der Waals surface area contributed by atoms with Gasteiger partial charge in [-0.15, -0.1) is 0 Å². The van der Waals surface area contributed by atoms with E-state index in [-0.39, 0.29) is 0 Å². The summed E-state index contributed by atoms with van der Waals surface area (Å²) in [5.74, 6) is 0. The highest BCUT2D eigenvalue weighted by atomic mass is 14.9. The average Bonchev–Trinajstić information content (AvgIpc) is 2.70. The summed E-state index contributed by atoms with van der Waals surface area (Å²) in [6.45, 7) is 4.00. The van der Waals surface area contributed by atoms with Gasteiger partial charge in [-0.05, 0) is 12.1 Å². The summed E-state index contributed by atoms with van der Waals surface area (Å²) >= 11 is 0. The number of hydrogen-bond donors (Lipinski definition) is 0. The molecule has 3 rings (SSSR count). The number of benzene rings is 1. The molecular formula is C13H14N2. The minimum absolute atomic E-state index is 1.14. The lowest BCUT2D eigenvalue weighted by Gasteiger charge is -1.93. The Morgan fingerprint density at radius 1 is 1.13 bits per heavy atom. The van der Waals surface area contributed by atoms with Crippen molar-refractivity contribution in [1.29, 1.82) is 0 Å². The van der Waals surface area contributed by atoms with E-state index in [0.717, 1.165) is 5.52 Å². The third kappa shape index (κ3) is 1.59. The molecule has 0 atom stereocenters. The summed E-state index contributed by atoms with van der Waals surface area (Å²) < 4.78 is 2.14. The number of para-hydroxylation sites is 1. The second kappa shape index (κ2) is 4.13. The van der Waals surface area contributed by atoms with Gasteiger partial charge in [0.1, 0.15) is 0 Å². The van der Waals surface area contributed by atoms with Gasteiger partial charge in [0.25, 0.3) is 0 Å². The molecule has 0 saturated carbocycles. The fourth-order valence-electron chi connectivity index (χ4n) is 1.69. The Morgan fingerprint density at radius 2 is 1.93 bits per heavy atom. The predicted molar refractivity (Wildman–Crippen MR) is 64.0 cm³/mol. The fourth-order valence-corrected chi connectivity index (χ4v) is 1.69. The summed E-state index contributed by atoms with van der Waals surface area (Å²) in [6.07, 6.45) is 5.66. The first-order valence-corrected chi connectivity index (χ1v) is 5.25. The van der Waals surface area contributed by atoms with Gasteiger partial charge in [0, 0.05) is 17.8 Å². The molecule has 0 spiro atoms. The molecule has 2 aromatic heterocycles. The maximum atomic E-state index is 4.09. The van der Waals surface area contributed by atoms with Crippen molar-refractivity contribution in [3.8, 4) is 0 Å². The van der Waals surface area contributed by atoms with E-state index in [2.05, 4.69) is 39.7 Å². The number of hydrogen-bond acceptors (Lipinski definition) is 1. The lowest BCUT2D eigenvalue weighted by Crippen LogP contribution is -1.82. The van der Waals surface area contributed by atoms with Crippen molar-refractivity contribution >= 4 is 16.4 Å². The molecule has 0 radical (unpaired) electrons. The fraction of sp³-hybridized carbons (Fsp3) is 0.154. The number of rotatable bonds is 0. The summed E-state index contributed by atoms with van der Waals surface area (Å²) in [7, 11) is 0. The van der Waals surface area contributed by atoms with Crippen molar-refractivity contribution in [2.24, 2.45) is 0 Å². The largest absolute Gasteiger partial charge is 0.313 e. The van der Waals surface area contributed by atoms with Crippen LogP contribution in [0.5, 0.6) is 0 Å². The van der Waals surface area contributed by atoms with Gasteiger partial charge >= 0.3 is 0 Å². The lowest BCUT2D eigenvalue weighted by molar-refractivity contribution is 1.18. The van der Waals surface area contributed by atoms with E-state index < -0.39 is 0 Å². The molecule has 0 aliphatic carbocycles. The minimum atomic E-state index is 1.14. The number of aromatic nitrogens is 2. The maximum absolute atomic E-state index is 4.09. The molecule has 2 nitrogen and oxygen atoms in total. The predicted octanol–water partition coefficient (Wildman–Crippen LogP) is 3.51. The zero-order chi connectivity index (χ0) is 10.7. The molecule has 0 aliphatic rings. The zero-order valence-corrected chi connectivity index (χ0v) is 9.01. The van der Waals surface area contributed by atoms with Gasteiger partial charge in [-0.3, -0.25) is 4.98 Å². The van der Waals surface area contributed by atoms with Crippen molar-refractivity contribution in [2.45, 2.75) is 13.8 Å². The number of nitrogens with zero attached hydrogens (tertiary/aromatic N) is 2. The first-order valence-electron chi connectivity index (χ1n) is 5.25. The second-order valence-electron chi connectivity index (χ2n) is 3.07. The monoisotopic (exact) mass is 198 g/mol. The van der Waals surface area contributed by atoms with Crippen LogP contribution < -0.4 is 0 Å². The second-order valence-corrected chi connectivity index (χ2v) is 3.07. The van der Waals surface area contributed by atoms with Crippen molar-refractivity contribution < 1.29 is 0 Å². The zero-order valence-electron chi connectivity index (χ0n) is 9.01. The van der Waals surface area contributed by atoms with E-state index in [0.29, 0.717) is 0 Å². The topological polar surface area (TPSA) is 17.3 Å². The third-order valence-corrected chi connectivity index (χ3v) is 2.29. The molecule has 0 aliphatic heterocycles. The van der Waals surface area contributed by atoms with Gasteiger partial charge in [0.15, 0.2) is 0 Å². The van der Waals surface area contributed by atoms with E-state index >= 15 is 0 Å². The molecule has 0 amide bonds. The van der Waals surface area contributed by atoms with Gasteiger partial charge in [0.05, 0.1) is 17.2 Å². The van der Waals surface area contributed by atoms with E-state index in [1.165, 1.54) is 10.9 Å². The third-order valence-electron chi connectivity index (χ3n) is 2.29. The normalized spacial score (nSPS) is 10.0. The molecule has 0 fully saturated rings. The standard InChI is InChI=1S/C11H8N2.C2H6/c1-2-4-11-9(3-1)7-10-8-12-5-6-13(10)11;1-2/h1-8H;1-2H3. The highest BCUT2D eigenvalue weighted by Crippen LogP contribution is 2.18. The Hall–Kier alpha value is -1.83. The smallest absolute Gasteiger partial charge is 0.0645 e. The van der Waals surface area contributed by atoms with Gasteiger partial charge in [0.2, 0.25) is 0 Å². The lowest BCUT2D eigenvalue weighted by atomic mass is 10.2. The van der Waals surface area contributed by atoms with Crippen LogP contribution in [0.25, 0.3) is 16.4 Å². The van der Waals surface area contributed by atoms with Crippen LogP contribution in [0.2, 0.25) is 0 Å². The Labute approximate surface area is 89.2 Å². The Balaban J connectivity index is 0.000000404. The van der Waals surface area contributed by atoms with Crippen molar-refractivity contribution in [2.75, 3.05) is 0 Å². The summed E-state index contributed by atoms with van der Waals surface area (Å²) in [5.41, 5.74) is 2.38. The maximum Gasteiger partial charge on any atom is 0.0645 e. The Bertz CT molecular complexity index is 516.